The van der Waals surface area contributed by atoms with Crippen molar-refractivity contribution in [1.29, 1.82) is 0 Å². The van der Waals surface area contributed by atoms with Crippen LogP contribution in [0.25, 0.3) is 21.9 Å². The Hall–Kier alpha value is -3.02. The number of carbonyl (C=O) groups excluding carboxylic acids is 1. The van der Waals surface area contributed by atoms with Crippen molar-refractivity contribution in [2.24, 2.45) is 0 Å². The van der Waals surface area contributed by atoms with Crippen molar-refractivity contribution in [2.75, 3.05) is 7.11 Å². The second-order valence-corrected chi connectivity index (χ2v) is 4.41. The highest BCUT2D eigenvalue weighted by molar-refractivity contribution is 6.06. The molecule has 6 nitrogen and oxygen atoms in total. The Balaban J connectivity index is 2.57. The van der Waals surface area contributed by atoms with Crippen LogP contribution in [-0.4, -0.2) is 23.3 Å². The Morgan fingerprint density at radius 3 is 2.62 bits per heavy atom. The molecule has 106 valence electrons. The standard InChI is InChI=1S/C15H10O6/c1-20-15(19)12-9(17)6-5-7-13(18)11-8(16)3-2-4-10(11)21-14(7)12/h2-6,16-17H,1H3. The first-order chi connectivity index (χ1) is 10.0. The van der Waals surface area contributed by atoms with Gasteiger partial charge in [0.05, 0.1) is 12.5 Å². The van der Waals surface area contributed by atoms with E-state index in [1.165, 1.54) is 30.3 Å². The monoisotopic (exact) mass is 286 g/mol. The van der Waals surface area contributed by atoms with Crippen molar-refractivity contribution in [3.05, 3.63) is 46.1 Å². The molecule has 0 atom stereocenters. The molecule has 21 heavy (non-hydrogen) atoms. The van der Waals surface area contributed by atoms with Crippen molar-refractivity contribution in [3.8, 4) is 11.5 Å². The molecule has 0 amide bonds. The largest absolute Gasteiger partial charge is 0.507 e. The topological polar surface area (TPSA) is 97.0 Å². The van der Waals surface area contributed by atoms with Crippen molar-refractivity contribution in [2.45, 2.75) is 0 Å². The molecule has 0 bridgehead atoms. The van der Waals surface area contributed by atoms with Crippen LogP contribution in [0.1, 0.15) is 10.4 Å². The van der Waals surface area contributed by atoms with Gasteiger partial charge in [0.1, 0.15) is 28.0 Å². The van der Waals surface area contributed by atoms with Crippen LogP contribution < -0.4 is 5.43 Å². The Labute approximate surface area is 117 Å². The molecule has 0 aliphatic rings. The minimum Gasteiger partial charge on any atom is -0.507 e. The molecule has 0 saturated heterocycles. The van der Waals surface area contributed by atoms with E-state index in [0.717, 1.165) is 7.11 Å². The molecular formula is C15H10O6. The molecule has 0 radical (unpaired) electrons. The number of hydrogen-bond acceptors (Lipinski definition) is 6. The lowest BCUT2D eigenvalue weighted by Gasteiger charge is -2.08. The highest BCUT2D eigenvalue weighted by Gasteiger charge is 2.21. The van der Waals surface area contributed by atoms with Gasteiger partial charge in [-0.15, -0.1) is 0 Å². The number of phenols is 2. The van der Waals surface area contributed by atoms with Gasteiger partial charge in [-0.2, -0.15) is 0 Å². The van der Waals surface area contributed by atoms with Crippen LogP contribution in [0.3, 0.4) is 0 Å². The molecule has 2 N–H and O–H groups in total. The van der Waals surface area contributed by atoms with E-state index in [1.54, 1.807) is 0 Å². The van der Waals surface area contributed by atoms with Gasteiger partial charge in [0.25, 0.3) is 0 Å². The van der Waals surface area contributed by atoms with E-state index in [-0.39, 0.29) is 39.0 Å². The lowest BCUT2D eigenvalue weighted by molar-refractivity contribution is 0.0598. The second-order valence-electron chi connectivity index (χ2n) is 4.41. The van der Waals surface area contributed by atoms with Crippen LogP contribution in [-0.2, 0) is 4.74 Å². The summed E-state index contributed by atoms with van der Waals surface area (Å²) in [6.45, 7) is 0. The van der Waals surface area contributed by atoms with Crippen molar-refractivity contribution in [1.82, 2.24) is 0 Å². The van der Waals surface area contributed by atoms with E-state index in [9.17, 15) is 19.8 Å². The summed E-state index contributed by atoms with van der Waals surface area (Å²) in [5.74, 6) is -1.38. The minimum atomic E-state index is -0.819. The van der Waals surface area contributed by atoms with Crippen LogP contribution in [0.5, 0.6) is 11.5 Å². The molecule has 2 aromatic carbocycles. The average Bonchev–Trinajstić information content (AvgIpc) is 2.46. The van der Waals surface area contributed by atoms with E-state index in [0.29, 0.717) is 0 Å². The number of methoxy groups -OCH3 is 1. The fraction of sp³-hybridized carbons (Fsp3) is 0.0667. The number of carbonyl (C=O) groups is 1. The Bertz CT molecular complexity index is 938. The highest BCUT2D eigenvalue weighted by Crippen LogP contribution is 2.31. The predicted octanol–water partition coefficient (Wildman–Crippen LogP) is 2.14. The predicted molar refractivity (Wildman–Crippen MR) is 74.7 cm³/mol. The molecule has 1 heterocycles. The van der Waals surface area contributed by atoms with E-state index in [2.05, 4.69) is 4.74 Å². The molecule has 0 saturated carbocycles. The van der Waals surface area contributed by atoms with E-state index in [4.69, 9.17) is 4.42 Å². The molecule has 1 aromatic heterocycles. The zero-order chi connectivity index (χ0) is 15.1. The third-order valence-corrected chi connectivity index (χ3v) is 3.21. The number of rotatable bonds is 1. The van der Waals surface area contributed by atoms with Gasteiger partial charge in [-0.05, 0) is 24.3 Å². The Morgan fingerprint density at radius 2 is 1.90 bits per heavy atom. The van der Waals surface area contributed by atoms with E-state index < -0.39 is 11.4 Å². The summed E-state index contributed by atoms with van der Waals surface area (Å²) in [7, 11) is 1.16. The summed E-state index contributed by atoms with van der Waals surface area (Å²) in [5, 5.41) is 19.7. The second kappa shape index (κ2) is 4.52. The number of ether oxygens (including phenoxy) is 1. The molecular weight excluding hydrogens is 276 g/mol. The van der Waals surface area contributed by atoms with Crippen LogP contribution in [0.4, 0.5) is 0 Å². The molecule has 0 fully saturated rings. The molecule has 3 aromatic rings. The quantitative estimate of drug-likeness (QED) is 0.525. The first kappa shape index (κ1) is 13.0. The van der Waals surface area contributed by atoms with Crippen LogP contribution in [0, 0.1) is 0 Å². The number of fused-ring (bicyclic) bond motifs is 2. The molecule has 6 heteroatoms. The normalized spacial score (nSPS) is 10.9. The number of esters is 1. The van der Waals surface area contributed by atoms with Crippen molar-refractivity contribution < 1.29 is 24.2 Å². The fourth-order valence-corrected chi connectivity index (χ4v) is 2.23. The maximum Gasteiger partial charge on any atom is 0.345 e. The maximum absolute atomic E-state index is 12.4. The molecule has 0 aliphatic heterocycles. The summed E-state index contributed by atoms with van der Waals surface area (Å²) in [6.07, 6.45) is 0. The smallest absolute Gasteiger partial charge is 0.345 e. The Morgan fingerprint density at radius 1 is 1.14 bits per heavy atom. The van der Waals surface area contributed by atoms with Gasteiger partial charge >= 0.3 is 5.97 Å². The summed E-state index contributed by atoms with van der Waals surface area (Å²) in [6, 6.07) is 6.90. The first-order valence-corrected chi connectivity index (χ1v) is 6.03. The van der Waals surface area contributed by atoms with E-state index >= 15 is 0 Å². The van der Waals surface area contributed by atoms with Gasteiger partial charge in [-0.25, -0.2) is 4.79 Å². The molecule has 0 spiro atoms. The minimum absolute atomic E-state index is 0.0199. The van der Waals surface area contributed by atoms with Gasteiger partial charge in [-0.3, -0.25) is 4.79 Å². The van der Waals surface area contributed by atoms with Crippen molar-refractivity contribution >= 4 is 27.9 Å². The lowest BCUT2D eigenvalue weighted by Crippen LogP contribution is -2.08. The van der Waals surface area contributed by atoms with Gasteiger partial charge in [-0.1, -0.05) is 6.07 Å². The summed E-state index contributed by atoms with van der Waals surface area (Å²) in [4.78, 5) is 24.2. The third kappa shape index (κ3) is 1.80. The Kier molecular flexibility index (Phi) is 2.79. The fourth-order valence-electron chi connectivity index (χ4n) is 2.23. The molecule has 0 aliphatic carbocycles. The van der Waals surface area contributed by atoms with Crippen molar-refractivity contribution in [3.63, 3.8) is 0 Å². The zero-order valence-corrected chi connectivity index (χ0v) is 10.9. The van der Waals surface area contributed by atoms with Crippen LogP contribution in [0.15, 0.2) is 39.5 Å². The van der Waals surface area contributed by atoms with Gasteiger partial charge in [0, 0.05) is 0 Å². The van der Waals surface area contributed by atoms with Gasteiger partial charge in [0.2, 0.25) is 5.43 Å². The summed E-state index contributed by atoms with van der Waals surface area (Å²) < 4.78 is 10.1. The van der Waals surface area contributed by atoms with E-state index in [1.807, 2.05) is 0 Å². The first-order valence-electron chi connectivity index (χ1n) is 6.03. The summed E-state index contributed by atoms with van der Waals surface area (Å²) >= 11 is 0. The molecule has 0 unspecified atom stereocenters. The summed E-state index contributed by atoms with van der Waals surface area (Å²) in [5.41, 5.74) is -0.681. The number of phenolic OH excluding ortho intramolecular Hbond substituents is 2. The number of benzene rings is 2. The maximum atomic E-state index is 12.4. The lowest BCUT2D eigenvalue weighted by atomic mass is 10.1. The third-order valence-electron chi connectivity index (χ3n) is 3.21. The highest BCUT2D eigenvalue weighted by atomic mass is 16.5. The van der Waals surface area contributed by atoms with Crippen LogP contribution >= 0.6 is 0 Å². The number of hydrogen-bond donors (Lipinski definition) is 2. The zero-order valence-electron chi connectivity index (χ0n) is 10.9. The van der Waals surface area contributed by atoms with Gasteiger partial charge in [0.15, 0.2) is 5.58 Å². The van der Waals surface area contributed by atoms with Gasteiger partial charge < -0.3 is 19.4 Å². The SMILES string of the molecule is COC(=O)c1c(O)ccc2c(=O)c3c(O)cccc3oc12. The molecule has 3 rings (SSSR count). The van der Waals surface area contributed by atoms with Crippen LogP contribution in [0.2, 0.25) is 0 Å². The number of aromatic hydroxyl groups is 2. The average molecular weight is 286 g/mol.